The zero-order valence-electron chi connectivity index (χ0n) is 10.1. The molecule has 0 radical (unpaired) electrons. The van der Waals surface area contributed by atoms with Crippen molar-refractivity contribution in [1.82, 2.24) is 10.2 Å². The Morgan fingerprint density at radius 1 is 1.21 bits per heavy atom. The van der Waals surface area contributed by atoms with E-state index in [0.29, 0.717) is 0 Å². The molecular weight excluding hydrogens is 172 g/mol. The van der Waals surface area contributed by atoms with Crippen LogP contribution in [0.15, 0.2) is 0 Å². The molecule has 2 nitrogen and oxygen atoms in total. The minimum absolute atomic E-state index is 0.790. The fourth-order valence-corrected chi connectivity index (χ4v) is 2.56. The summed E-state index contributed by atoms with van der Waals surface area (Å²) in [4.78, 5) is 2.69. The van der Waals surface area contributed by atoms with Gasteiger partial charge in [-0.05, 0) is 19.3 Å². The molecule has 0 aromatic heterocycles. The molecule has 0 spiro atoms. The highest BCUT2D eigenvalue weighted by molar-refractivity contribution is 4.84. The lowest BCUT2D eigenvalue weighted by Crippen LogP contribution is -2.39. The number of nitrogens with one attached hydrogen (secondary N) is 1. The van der Waals surface area contributed by atoms with Gasteiger partial charge in [0.2, 0.25) is 0 Å². The summed E-state index contributed by atoms with van der Waals surface area (Å²) in [7, 11) is 0. The Morgan fingerprint density at radius 3 is 2.36 bits per heavy atom. The van der Waals surface area contributed by atoms with Crippen molar-refractivity contribution in [2.24, 2.45) is 0 Å². The predicted molar refractivity (Wildman–Crippen MR) is 62.4 cm³/mol. The molecule has 0 amide bonds. The Labute approximate surface area is 89.1 Å². The van der Waals surface area contributed by atoms with Gasteiger partial charge < -0.3 is 5.32 Å². The summed E-state index contributed by atoms with van der Waals surface area (Å²) in [5, 5.41) is 3.50. The standard InChI is InChI=1S/C12H26N2/c1-4-7-12(8-5-2)14-10-13-9-11(14)6-3/h11-13H,4-10H2,1-3H3. The molecule has 0 saturated carbocycles. The fraction of sp³-hybridized carbons (Fsp3) is 1.00. The third kappa shape index (κ3) is 2.96. The summed E-state index contributed by atoms with van der Waals surface area (Å²) in [6, 6.07) is 1.61. The average molecular weight is 198 g/mol. The van der Waals surface area contributed by atoms with Gasteiger partial charge in [-0.3, -0.25) is 4.90 Å². The van der Waals surface area contributed by atoms with Crippen LogP contribution < -0.4 is 5.32 Å². The second kappa shape index (κ2) is 6.41. The normalized spacial score (nSPS) is 23.6. The van der Waals surface area contributed by atoms with E-state index < -0.39 is 0 Å². The largest absolute Gasteiger partial charge is 0.303 e. The third-order valence-electron chi connectivity index (χ3n) is 3.33. The van der Waals surface area contributed by atoms with Crippen molar-refractivity contribution in [3.8, 4) is 0 Å². The van der Waals surface area contributed by atoms with Gasteiger partial charge in [0.25, 0.3) is 0 Å². The van der Waals surface area contributed by atoms with Gasteiger partial charge in [0, 0.05) is 25.3 Å². The van der Waals surface area contributed by atoms with Crippen molar-refractivity contribution < 1.29 is 0 Å². The van der Waals surface area contributed by atoms with Crippen LogP contribution in [0.2, 0.25) is 0 Å². The van der Waals surface area contributed by atoms with Crippen LogP contribution in [0.1, 0.15) is 52.9 Å². The van der Waals surface area contributed by atoms with Gasteiger partial charge in [-0.1, -0.05) is 33.6 Å². The Kier molecular flexibility index (Phi) is 5.49. The molecule has 14 heavy (non-hydrogen) atoms. The molecule has 1 aliphatic rings. The first kappa shape index (κ1) is 12.0. The lowest BCUT2D eigenvalue weighted by atomic mass is 10.0. The van der Waals surface area contributed by atoms with Gasteiger partial charge >= 0.3 is 0 Å². The first-order valence-corrected chi connectivity index (χ1v) is 6.29. The molecule has 0 aromatic carbocycles. The highest BCUT2D eigenvalue weighted by Crippen LogP contribution is 2.19. The van der Waals surface area contributed by atoms with Gasteiger partial charge in [-0.2, -0.15) is 0 Å². The molecule has 1 heterocycles. The van der Waals surface area contributed by atoms with Crippen molar-refractivity contribution in [3.63, 3.8) is 0 Å². The molecular formula is C12H26N2. The van der Waals surface area contributed by atoms with Gasteiger partial charge in [0.05, 0.1) is 0 Å². The third-order valence-corrected chi connectivity index (χ3v) is 3.33. The van der Waals surface area contributed by atoms with Crippen LogP contribution in [0.25, 0.3) is 0 Å². The Hall–Kier alpha value is -0.0800. The SMILES string of the molecule is CCCC(CCC)N1CNCC1CC. The number of hydrogen-bond acceptors (Lipinski definition) is 2. The maximum absolute atomic E-state index is 3.50. The second-order valence-corrected chi connectivity index (χ2v) is 4.42. The second-order valence-electron chi connectivity index (χ2n) is 4.42. The van der Waals surface area contributed by atoms with Crippen LogP contribution in [0.5, 0.6) is 0 Å². The first-order valence-electron chi connectivity index (χ1n) is 6.29. The van der Waals surface area contributed by atoms with E-state index >= 15 is 0 Å². The van der Waals surface area contributed by atoms with Gasteiger partial charge in [0.1, 0.15) is 0 Å². The van der Waals surface area contributed by atoms with Crippen LogP contribution in [0.3, 0.4) is 0 Å². The van der Waals surface area contributed by atoms with Crippen molar-refractivity contribution >= 4 is 0 Å². The molecule has 1 aliphatic heterocycles. The number of rotatable bonds is 6. The summed E-state index contributed by atoms with van der Waals surface area (Å²) in [6.07, 6.45) is 6.66. The van der Waals surface area contributed by atoms with Gasteiger partial charge in [-0.15, -0.1) is 0 Å². The molecule has 1 saturated heterocycles. The maximum atomic E-state index is 3.50. The van der Waals surface area contributed by atoms with E-state index in [4.69, 9.17) is 0 Å². The summed E-state index contributed by atoms with van der Waals surface area (Å²) in [6.45, 7) is 9.21. The van der Waals surface area contributed by atoms with E-state index in [1.165, 1.54) is 38.6 Å². The predicted octanol–water partition coefficient (Wildman–Crippen LogP) is 2.60. The quantitative estimate of drug-likeness (QED) is 0.706. The Morgan fingerprint density at radius 2 is 1.86 bits per heavy atom. The van der Waals surface area contributed by atoms with Crippen LogP contribution in [0, 0.1) is 0 Å². The highest BCUT2D eigenvalue weighted by Gasteiger charge is 2.27. The van der Waals surface area contributed by atoms with E-state index in [9.17, 15) is 0 Å². The van der Waals surface area contributed by atoms with Gasteiger partial charge in [0.15, 0.2) is 0 Å². The topological polar surface area (TPSA) is 15.3 Å². The highest BCUT2D eigenvalue weighted by atomic mass is 15.3. The zero-order valence-corrected chi connectivity index (χ0v) is 10.1. The summed E-state index contributed by atoms with van der Waals surface area (Å²) < 4.78 is 0. The van der Waals surface area contributed by atoms with Crippen molar-refractivity contribution in [2.75, 3.05) is 13.2 Å². The number of nitrogens with zero attached hydrogens (tertiary/aromatic N) is 1. The molecule has 1 unspecified atom stereocenters. The van der Waals surface area contributed by atoms with Crippen molar-refractivity contribution in [2.45, 2.75) is 65.0 Å². The minimum Gasteiger partial charge on any atom is -0.303 e. The molecule has 1 atom stereocenters. The van der Waals surface area contributed by atoms with Crippen LogP contribution in [-0.2, 0) is 0 Å². The molecule has 1 fully saturated rings. The van der Waals surface area contributed by atoms with E-state index in [-0.39, 0.29) is 0 Å². The number of hydrogen-bond donors (Lipinski definition) is 1. The lowest BCUT2D eigenvalue weighted by Gasteiger charge is -2.31. The molecule has 0 aliphatic carbocycles. The summed E-state index contributed by atoms with van der Waals surface area (Å²) in [5.74, 6) is 0. The van der Waals surface area contributed by atoms with Crippen LogP contribution >= 0.6 is 0 Å². The molecule has 1 rings (SSSR count). The van der Waals surface area contributed by atoms with E-state index in [2.05, 4.69) is 31.0 Å². The van der Waals surface area contributed by atoms with Crippen molar-refractivity contribution in [1.29, 1.82) is 0 Å². The maximum Gasteiger partial charge on any atom is 0.0487 e. The van der Waals surface area contributed by atoms with Crippen LogP contribution in [0.4, 0.5) is 0 Å². The van der Waals surface area contributed by atoms with E-state index in [1.807, 2.05) is 0 Å². The molecule has 84 valence electrons. The minimum atomic E-state index is 0.790. The van der Waals surface area contributed by atoms with Crippen molar-refractivity contribution in [3.05, 3.63) is 0 Å². The van der Waals surface area contributed by atoms with Crippen LogP contribution in [-0.4, -0.2) is 30.2 Å². The Balaban J connectivity index is 2.47. The molecule has 1 N–H and O–H groups in total. The zero-order chi connectivity index (χ0) is 10.4. The van der Waals surface area contributed by atoms with E-state index in [0.717, 1.165) is 18.8 Å². The lowest BCUT2D eigenvalue weighted by molar-refractivity contribution is 0.158. The summed E-state index contributed by atoms with van der Waals surface area (Å²) >= 11 is 0. The van der Waals surface area contributed by atoms with E-state index in [1.54, 1.807) is 0 Å². The molecule has 2 heteroatoms. The monoisotopic (exact) mass is 198 g/mol. The smallest absolute Gasteiger partial charge is 0.0487 e. The first-order chi connectivity index (χ1) is 6.83. The average Bonchev–Trinajstić information content (AvgIpc) is 2.65. The summed E-state index contributed by atoms with van der Waals surface area (Å²) in [5.41, 5.74) is 0. The molecule has 0 bridgehead atoms. The fourth-order valence-electron chi connectivity index (χ4n) is 2.56. The Bertz CT molecular complexity index is 141. The molecule has 0 aromatic rings. The van der Waals surface area contributed by atoms with Gasteiger partial charge in [-0.25, -0.2) is 0 Å².